The second kappa shape index (κ2) is 1.25. The fraction of sp³-hybridized carbons (Fsp3) is 0.167. The first-order chi connectivity index (χ1) is 4.14. The van der Waals surface area contributed by atoms with Gasteiger partial charge in [-0.3, -0.25) is 4.79 Å². The van der Waals surface area contributed by atoms with Crippen LogP contribution in [-0.2, 0) is 4.79 Å². The number of carbonyl (C=O) groups is 1. The fourth-order valence-corrected chi connectivity index (χ4v) is 1.49. The van der Waals surface area contributed by atoms with Gasteiger partial charge in [0.25, 0.3) is 0 Å². The van der Waals surface area contributed by atoms with Crippen LogP contribution in [0.3, 0.4) is 0 Å². The minimum atomic E-state index is -0.808. The number of rotatable bonds is 0. The van der Waals surface area contributed by atoms with Crippen LogP contribution in [0.5, 0.6) is 0 Å². The molecule has 0 heterocycles. The number of allylic oxidation sites excluding steroid dienone is 4. The van der Waals surface area contributed by atoms with E-state index in [1.54, 1.807) is 12.2 Å². The highest BCUT2D eigenvalue weighted by Crippen LogP contribution is 2.50. The number of ketones is 1. The molecular formula is C6H2Cl2O. The summed E-state index contributed by atoms with van der Waals surface area (Å²) in [6.45, 7) is 0. The van der Waals surface area contributed by atoms with Crippen molar-refractivity contribution in [1.82, 2.24) is 0 Å². The minimum Gasteiger partial charge on any atom is -0.290 e. The van der Waals surface area contributed by atoms with Gasteiger partial charge >= 0.3 is 0 Å². The van der Waals surface area contributed by atoms with Crippen molar-refractivity contribution in [2.24, 2.45) is 0 Å². The fourth-order valence-electron chi connectivity index (χ4n) is 0.897. The van der Waals surface area contributed by atoms with Gasteiger partial charge in [0.05, 0.1) is 5.03 Å². The molecule has 0 fully saturated rings. The predicted octanol–water partition coefficient (Wildman–Crippen LogP) is 1.61. The lowest BCUT2D eigenvalue weighted by atomic mass is 10.2. The predicted molar refractivity (Wildman–Crippen MR) is 35.6 cm³/mol. The third-order valence-corrected chi connectivity index (χ3v) is 2.30. The average Bonchev–Trinajstić information content (AvgIpc) is 2.36. The first-order valence-electron chi connectivity index (χ1n) is 2.49. The van der Waals surface area contributed by atoms with Crippen molar-refractivity contribution in [2.45, 2.75) is 4.87 Å². The maximum absolute atomic E-state index is 10.9. The van der Waals surface area contributed by atoms with Crippen molar-refractivity contribution in [1.29, 1.82) is 0 Å². The van der Waals surface area contributed by atoms with E-state index in [1.807, 2.05) is 0 Å². The zero-order valence-electron chi connectivity index (χ0n) is 4.32. The molecule has 0 radical (unpaired) electrons. The monoisotopic (exact) mass is 160 g/mol. The largest absolute Gasteiger partial charge is 0.290 e. The van der Waals surface area contributed by atoms with Crippen molar-refractivity contribution >= 4 is 29.0 Å². The highest BCUT2D eigenvalue weighted by atomic mass is 35.5. The number of alkyl halides is 1. The summed E-state index contributed by atoms with van der Waals surface area (Å²) in [5, 5.41) is 0.252. The number of hydrogen-bond donors (Lipinski definition) is 0. The lowest BCUT2D eigenvalue weighted by Gasteiger charge is -1.96. The first kappa shape index (κ1) is 5.51. The zero-order chi connectivity index (χ0) is 6.65. The summed E-state index contributed by atoms with van der Waals surface area (Å²) in [5.74, 6) is -0.180. The molecule has 46 valence electrons. The second-order valence-corrected chi connectivity index (χ2v) is 3.14. The lowest BCUT2D eigenvalue weighted by Crippen LogP contribution is -2.14. The van der Waals surface area contributed by atoms with Gasteiger partial charge in [0, 0.05) is 0 Å². The van der Waals surface area contributed by atoms with Gasteiger partial charge < -0.3 is 0 Å². The van der Waals surface area contributed by atoms with Crippen LogP contribution in [0.4, 0.5) is 0 Å². The molecule has 0 aromatic heterocycles. The smallest absolute Gasteiger partial charge is 0.203 e. The number of Topliss-reactive ketones (excluding diaryl/α,β-unsaturated/α-hetero) is 1. The molecule has 2 rings (SSSR count). The van der Waals surface area contributed by atoms with E-state index in [1.165, 1.54) is 0 Å². The van der Waals surface area contributed by atoms with Crippen molar-refractivity contribution in [2.75, 3.05) is 0 Å². The Morgan fingerprint density at radius 1 is 1.56 bits per heavy atom. The van der Waals surface area contributed by atoms with Crippen molar-refractivity contribution in [3.63, 3.8) is 0 Å². The Bertz CT molecular complexity index is 264. The van der Waals surface area contributed by atoms with E-state index in [-0.39, 0.29) is 10.8 Å². The lowest BCUT2D eigenvalue weighted by molar-refractivity contribution is -0.114. The summed E-state index contributed by atoms with van der Waals surface area (Å²) in [6, 6.07) is 0. The maximum atomic E-state index is 10.9. The number of hydrogen-bond acceptors (Lipinski definition) is 1. The van der Waals surface area contributed by atoms with E-state index in [0.717, 1.165) is 5.57 Å². The summed E-state index contributed by atoms with van der Waals surface area (Å²) >= 11 is 11.2. The summed E-state index contributed by atoms with van der Waals surface area (Å²) in [4.78, 5) is 10.1. The van der Waals surface area contributed by atoms with Crippen LogP contribution < -0.4 is 0 Å². The Morgan fingerprint density at radius 3 is 2.44 bits per heavy atom. The third kappa shape index (κ3) is 0.491. The van der Waals surface area contributed by atoms with Crippen LogP contribution in [0.25, 0.3) is 0 Å². The van der Waals surface area contributed by atoms with Crippen molar-refractivity contribution < 1.29 is 4.79 Å². The molecule has 0 aromatic rings. The molecule has 0 bridgehead atoms. The summed E-state index contributed by atoms with van der Waals surface area (Å²) in [6.07, 6.45) is 3.31. The first-order valence-corrected chi connectivity index (χ1v) is 3.24. The van der Waals surface area contributed by atoms with E-state index in [9.17, 15) is 4.79 Å². The number of carbonyl (C=O) groups excluding carboxylic acids is 1. The van der Waals surface area contributed by atoms with E-state index in [4.69, 9.17) is 23.2 Å². The normalized spacial score (nSPS) is 37.8. The molecule has 1 unspecified atom stereocenters. The van der Waals surface area contributed by atoms with Gasteiger partial charge in [-0.1, -0.05) is 11.6 Å². The quantitative estimate of drug-likeness (QED) is 0.493. The molecule has 0 aliphatic heterocycles. The summed E-state index contributed by atoms with van der Waals surface area (Å²) in [7, 11) is 0. The second-order valence-electron chi connectivity index (χ2n) is 2.13. The van der Waals surface area contributed by atoms with Gasteiger partial charge in [0.1, 0.15) is 0 Å². The van der Waals surface area contributed by atoms with E-state index < -0.39 is 4.87 Å². The summed E-state index contributed by atoms with van der Waals surface area (Å²) < 4.78 is 0. The number of fused-ring (bicyclic) bond motifs is 1. The zero-order valence-corrected chi connectivity index (χ0v) is 5.83. The van der Waals surface area contributed by atoms with E-state index in [2.05, 4.69) is 0 Å². The highest BCUT2D eigenvalue weighted by Gasteiger charge is 2.53. The molecule has 0 amide bonds. The average molecular weight is 161 g/mol. The highest BCUT2D eigenvalue weighted by molar-refractivity contribution is 6.56. The Labute approximate surface area is 61.9 Å². The van der Waals surface area contributed by atoms with Gasteiger partial charge in [-0.05, 0) is 17.7 Å². The molecule has 1 atom stereocenters. The molecule has 1 nitrogen and oxygen atoms in total. The van der Waals surface area contributed by atoms with E-state index >= 15 is 0 Å². The van der Waals surface area contributed by atoms with Crippen LogP contribution in [0, 0.1) is 0 Å². The molecule has 0 saturated carbocycles. The molecule has 0 aromatic carbocycles. The molecule has 2 aliphatic rings. The van der Waals surface area contributed by atoms with E-state index in [0.29, 0.717) is 0 Å². The molecule has 2 aliphatic carbocycles. The SMILES string of the molecule is O=C1C(Cl)=CC2=CC12Cl. The minimum absolute atomic E-state index is 0.180. The molecule has 9 heavy (non-hydrogen) atoms. The third-order valence-electron chi connectivity index (χ3n) is 1.52. The van der Waals surface area contributed by atoms with Gasteiger partial charge in [0.15, 0.2) is 4.87 Å². The standard InChI is InChI=1S/C6H2Cl2O/c7-4-1-3-2-6(3,8)5(4)9/h1-2H. The van der Waals surface area contributed by atoms with Crippen LogP contribution in [-0.4, -0.2) is 10.7 Å². The van der Waals surface area contributed by atoms with Gasteiger partial charge in [-0.15, -0.1) is 11.6 Å². The van der Waals surface area contributed by atoms with Crippen LogP contribution in [0.1, 0.15) is 0 Å². The molecule has 3 heteroatoms. The van der Waals surface area contributed by atoms with Crippen LogP contribution in [0.2, 0.25) is 0 Å². The molecule has 0 N–H and O–H groups in total. The Hall–Kier alpha value is -0.270. The van der Waals surface area contributed by atoms with Crippen molar-refractivity contribution in [3.05, 3.63) is 22.8 Å². The van der Waals surface area contributed by atoms with Gasteiger partial charge in [0.2, 0.25) is 5.78 Å². The van der Waals surface area contributed by atoms with Gasteiger partial charge in [-0.2, -0.15) is 0 Å². The maximum Gasteiger partial charge on any atom is 0.203 e. The number of halogens is 2. The van der Waals surface area contributed by atoms with Crippen molar-refractivity contribution in [3.8, 4) is 0 Å². The summed E-state index contributed by atoms with van der Waals surface area (Å²) in [5.41, 5.74) is 0.846. The van der Waals surface area contributed by atoms with Crippen LogP contribution in [0.15, 0.2) is 22.8 Å². The Morgan fingerprint density at radius 2 is 2.22 bits per heavy atom. The molecule has 0 saturated heterocycles. The van der Waals surface area contributed by atoms with Crippen LogP contribution >= 0.6 is 23.2 Å². The Kier molecular flexibility index (Phi) is 0.766. The topological polar surface area (TPSA) is 17.1 Å². The molecule has 0 spiro atoms. The van der Waals surface area contributed by atoms with Gasteiger partial charge in [-0.25, -0.2) is 0 Å². The molecular weight excluding hydrogens is 159 g/mol. The Balaban J connectivity index is 2.49.